The molecular formula is C14H23NO. The summed E-state index contributed by atoms with van der Waals surface area (Å²) in [7, 11) is 0. The fourth-order valence-electron chi connectivity index (χ4n) is 3.71. The summed E-state index contributed by atoms with van der Waals surface area (Å²) in [6.07, 6.45) is 10.6. The van der Waals surface area contributed by atoms with Crippen LogP contribution in [0.5, 0.6) is 0 Å². The minimum Gasteiger partial charge on any atom is -0.356 e. The van der Waals surface area contributed by atoms with Gasteiger partial charge in [-0.1, -0.05) is 19.3 Å². The number of rotatable bonds is 3. The van der Waals surface area contributed by atoms with Crippen LogP contribution in [0.1, 0.15) is 51.4 Å². The number of carbonyl (C=O) groups is 1. The maximum atomic E-state index is 11.9. The standard InChI is InChI=1S/C14H23NO/c16-14(13-7-11-6-12(11)8-13)15-9-10-4-2-1-3-5-10/h10-13H,1-9H2,(H,15,16). The van der Waals surface area contributed by atoms with E-state index in [0.717, 1.165) is 24.3 Å². The summed E-state index contributed by atoms with van der Waals surface area (Å²) >= 11 is 0. The fourth-order valence-corrected chi connectivity index (χ4v) is 3.71. The van der Waals surface area contributed by atoms with Crippen molar-refractivity contribution >= 4 is 5.91 Å². The largest absolute Gasteiger partial charge is 0.356 e. The number of hydrogen-bond donors (Lipinski definition) is 1. The Morgan fingerprint density at radius 2 is 1.69 bits per heavy atom. The highest BCUT2D eigenvalue weighted by atomic mass is 16.1. The average molecular weight is 221 g/mol. The van der Waals surface area contributed by atoms with Gasteiger partial charge < -0.3 is 5.32 Å². The summed E-state index contributed by atoms with van der Waals surface area (Å²) in [5, 5.41) is 3.20. The van der Waals surface area contributed by atoms with Gasteiger partial charge in [0.1, 0.15) is 0 Å². The van der Waals surface area contributed by atoms with Gasteiger partial charge in [0.05, 0.1) is 0 Å². The first-order valence-corrected chi connectivity index (χ1v) is 7.10. The van der Waals surface area contributed by atoms with Gasteiger partial charge in [0.15, 0.2) is 0 Å². The molecule has 0 aromatic carbocycles. The maximum absolute atomic E-state index is 11.9. The Hall–Kier alpha value is -0.530. The number of amides is 1. The summed E-state index contributed by atoms with van der Waals surface area (Å²) in [4.78, 5) is 11.9. The minimum atomic E-state index is 0.359. The third kappa shape index (κ3) is 2.26. The van der Waals surface area contributed by atoms with Crippen LogP contribution in [0.3, 0.4) is 0 Å². The number of carbonyl (C=O) groups excluding carboxylic acids is 1. The molecule has 0 radical (unpaired) electrons. The van der Waals surface area contributed by atoms with E-state index < -0.39 is 0 Å². The third-order valence-corrected chi connectivity index (χ3v) is 4.90. The summed E-state index contributed by atoms with van der Waals surface area (Å²) in [5.41, 5.74) is 0. The number of fused-ring (bicyclic) bond motifs is 1. The monoisotopic (exact) mass is 221 g/mol. The molecule has 90 valence electrons. The van der Waals surface area contributed by atoms with Gasteiger partial charge in [-0.15, -0.1) is 0 Å². The lowest BCUT2D eigenvalue weighted by atomic mass is 9.89. The lowest BCUT2D eigenvalue weighted by Crippen LogP contribution is -2.34. The van der Waals surface area contributed by atoms with Gasteiger partial charge in [-0.2, -0.15) is 0 Å². The Morgan fingerprint density at radius 3 is 2.38 bits per heavy atom. The molecule has 0 aromatic heterocycles. The molecule has 2 unspecified atom stereocenters. The molecule has 1 amide bonds. The smallest absolute Gasteiger partial charge is 0.223 e. The van der Waals surface area contributed by atoms with Gasteiger partial charge in [-0.3, -0.25) is 4.79 Å². The van der Waals surface area contributed by atoms with Crippen LogP contribution in [0.4, 0.5) is 0 Å². The quantitative estimate of drug-likeness (QED) is 0.780. The fraction of sp³-hybridized carbons (Fsp3) is 0.929. The molecule has 3 aliphatic rings. The van der Waals surface area contributed by atoms with Crippen molar-refractivity contribution in [2.45, 2.75) is 51.4 Å². The Balaban J connectivity index is 1.39. The molecule has 0 saturated heterocycles. The van der Waals surface area contributed by atoms with E-state index in [2.05, 4.69) is 5.32 Å². The molecule has 3 rings (SSSR count). The van der Waals surface area contributed by atoms with Gasteiger partial charge in [-0.05, 0) is 49.9 Å². The van der Waals surface area contributed by atoms with E-state index in [4.69, 9.17) is 0 Å². The molecule has 3 aliphatic carbocycles. The molecule has 2 atom stereocenters. The van der Waals surface area contributed by atoms with E-state index in [1.165, 1.54) is 51.4 Å². The molecule has 3 saturated carbocycles. The summed E-state index contributed by atoms with van der Waals surface area (Å²) < 4.78 is 0. The Kier molecular flexibility index (Phi) is 2.91. The Labute approximate surface area is 98.2 Å². The van der Waals surface area contributed by atoms with Gasteiger partial charge in [0.25, 0.3) is 0 Å². The van der Waals surface area contributed by atoms with E-state index >= 15 is 0 Å². The molecule has 0 bridgehead atoms. The summed E-state index contributed by atoms with van der Waals surface area (Å²) in [6, 6.07) is 0. The first-order valence-electron chi connectivity index (χ1n) is 7.10. The van der Waals surface area contributed by atoms with Crippen LogP contribution in [-0.2, 0) is 4.79 Å². The predicted octanol–water partition coefficient (Wildman–Crippen LogP) is 2.73. The molecule has 2 nitrogen and oxygen atoms in total. The second-order valence-corrected chi connectivity index (χ2v) is 6.17. The van der Waals surface area contributed by atoms with Crippen molar-refractivity contribution in [1.29, 1.82) is 0 Å². The maximum Gasteiger partial charge on any atom is 0.223 e. The highest BCUT2D eigenvalue weighted by Gasteiger charge is 2.47. The zero-order chi connectivity index (χ0) is 11.0. The first kappa shape index (κ1) is 10.6. The van der Waals surface area contributed by atoms with Crippen molar-refractivity contribution in [3.8, 4) is 0 Å². The van der Waals surface area contributed by atoms with E-state index in [1.54, 1.807) is 0 Å². The molecule has 1 N–H and O–H groups in total. The van der Waals surface area contributed by atoms with Crippen molar-refractivity contribution in [2.24, 2.45) is 23.7 Å². The van der Waals surface area contributed by atoms with E-state index in [1.807, 2.05) is 0 Å². The predicted molar refractivity (Wildman–Crippen MR) is 63.9 cm³/mol. The zero-order valence-corrected chi connectivity index (χ0v) is 10.1. The molecule has 0 aliphatic heterocycles. The molecule has 0 aromatic rings. The van der Waals surface area contributed by atoms with Crippen LogP contribution in [-0.4, -0.2) is 12.5 Å². The minimum absolute atomic E-state index is 0.359. The van der Waals surface area contributed by atoms with Crippen LogP contribution in [0.15, 0.2) is 0 Å². The Morgan fingerprint density at radius 1 is 1.00 bits per heavy atom. The van der Waals surface area contributed by atoms with Crippen LogP contribution >= 0.6 is 0 Å². The van der Waals surface area contributed by atoms with Crippen molar-refractivity contribution < 1.29 is 4.79 Å². The van der Waals surface area contributed by atoms with Crippen molar-refractivity contribution in [3.63, 3.8) is 0 Å². The van der Waals surface area contributed by atoms with E-state index in [9.17, 15) is 4.79 Å². The lowest BCUT2D eigenvalue weighted by molar-refractivity contribution is -0.125. The normalized spacial score (nSPS) is 38.1. The lowest BCUT2D eigenvalue weighted by Gasteiger charge is -2.22. The van der Waals surface area contributed by atoms with Crippen LogP contribution in [0, 0.1) is 23.7 Å². The topological polar surface area (TPSA) is 29.1 Å². The molecule has 2 heteroatoms. The van der Waals surface area contributed by atoms with Gasteiger partial charge in [-0.25, -0.2) is 0 Å². The van der Waals surface area contributed by atoms with E-state index in [-0.39, 0.29) is 0 Å². The molecule has 16 heavy (non-hydrogen) atoms. The SMILES string of the molecule is O=C(NCC1CCCCC1)C1CC2CC2C1. The molecule has 0 spiro atoms. The summed E-state index contributed by atoms with van der Waals surface area (Å²) in [5.74, 6) is 3.34. The third-order valence-electron chi connectivity index (χ3n) is 4.90. The van der Waals surface area contributed by atoms with Crippen LogP contribution in [0.25, 0.3) is 0 Å². The van der Waals surface area contributed by atoms with E-state index in [0.29, 0.717) is 11.8 Å². The van der Waals surface area contributed by atoms with Gasteiger partial charge in [0, 0.05) is 12.5 Å². The van der Waals surface area contributed by atoms with Crippen molar-refractivity contribution in [3.05, 3.63) is 0 Å². The highest BCUT2D eigenvalue weighted by molar-refractivity contribution is 5.79. The van der Waals surface area contributed by atoms with Gasteiger partial charge >= 0.3 is 0 Å². The first-order chi connectivity index (χ1) is 7.83. The van der Waals surface area contributed by atoms with Crippen LogP contribution < -0.4 is 5.32 Å². The second kappa shape index (κ2) is 4.38. The van der Waals surface area contributed by atoms with Gasteiger partial charge in [0.2, 0.25) is 5.91 Å². The van der Waals surface area contributed by atoms with Crippen molar-refractivity contribution in [1.82, 2.24) is 5.32 Å². The van der Waals surface area contributed by atoms with Crippen molar-refractivity contribution in [2.75, 3.05) is 6.54 Å². The second-order valence-electron chi connectivity index (χ2n) is 6.17. The zero-order valence-electron chi connectivity index (χ0n) is 10.1. The molecule has 0 heterocycles. The Bertz CT molecular complexity index is 260. The number of nitrogens with one attached hydrogen (secondary N) is 1. The number of hydrogen-bond acceptors (Lipinski definition) is 1. The average Bonchev–Trinajstić information content (AvgIpc) is 2.94. The molecule has 3 fully saturated rings. The summed E-state index contributed by atoms with van der Waals surface area (Å²) in [6.45, 7) is 0.949. The highest BCUT2D eigenvalue weighted by Crippen LogP contribution is 2.54. The molecular weight excluding hydrogens is 198 g/mol. The van der Waals surface area contributed by atoms with Crippen LogP contribution in [0.2, 0.25) is 0 Å².